The summed E-state index contributed by atoms with van der Waals surface area (Å²) in [6.45, 7) is -0.0484. The van der Waals surface area contributed by atoms with Gasteiger partial charge >= 0.3 is 12.1 Å². The van der Waals surface area contributed by atoms with Crippen LogP contribution in [-0.4, -0.2) is 30.1 Å². The molecule has 1 saturated carbocycles. The number of para-hydroxylation sites is 1. The van der Waals surface area contributed by atoms with Crippen molar-refractivity contribution in [2.24, 2.45) is 11.8 Å². The number of carbonyl (C=O) groups is 2. The highest BCUT2D eigenvalue weighted by atomic mass is 19.4. The fraction of sp³-hybridized carbons (Fsp3) is 0.500. The van der Waals surface area contributed by atoms with E-state index in [0.717, 1.165) is 6.07 Å². The highest BCUT2D eigenvalue weighted by molar-refractivity contribution is 5.80. The van der Waals surface area contributed by atoms with Crippen molar-refractivity contribution in [3.8, 4) is 5.75 Å². The summed E-state index contributed by atoms with van der Waals surface area (Å²) in [7, 11) is 0. The first-order chi connectivity index (χ1) is 11.3. The van der Waals surface area contributed by atoms with Crippen LogP contribution in [0.2, 0.25) is 0 Å². The van der Waals surface area contributed by atoms with Crippen molar-refractivity contribution in [3.05, 3.63) is 29.8 Å². The van der Waals surface area contributed by atoms with Crippen LogP contribution in [0.3, 0.4) is 0 Å². The molecule has 0 saturated heterocycles. The molecule has 0 unspecified atom stereocenters. The number of benzene rings is 1. The maximum atomic E-state index is 12.8. The first-order valence-electron chi connectivity index (χ1n) is 7.58. The van der Waals surface area contributed by atoms with Crippen molar-refractivity contribution >= 4 is 11.9 Å². The zero-order valence-corrected chi connectivity index (χ0v) is 12.8. The van der Waals surface area contributed by atoms with Crippen molar-refractivity contribution in [3.63, 3.8) is 0 Å². The quantitative estimate of drug-likeness (QED) is 0.778. The third-order valence-electron chi connectivity index (χ3n) is 4.00. The van der Waals surface area contributed by atoms with Crippen LogP contribution in [0.15, 0.2) is 24.3 Å². The van der Waals surface area contributed by atoms with Crippen molar-refractivity contribution in [1.82, 2.24) is 5.32 Å². The van der Waals surface area contributed by atoms with Gasteiger partial charge in [-0.1, -0.05) is 12.1 Å². The largest absolute Gasteiger partial charge is 0.491 e. The van der Waals surface area contributed by atoms with E-state index in [1.54, 1.807) is 0 Å². The van der Waals surface area contributed by atoms with E-state index in [1.165, 1.54) is 18.2 Å². The van der Waals surface area contributed by atoms with Gasteiger partial charge < -0.3 is 15.2 Å². The molecule has 1 amide bonds. The molecule has 2 rings (SSSR count). The van der Waals surface area contributed by atoms with Crippen LogP contribution in [0.1, 0.15) is 24.8 Å². The van der Waals surface area contributed by atoms with Crippen LogP contribution in [0, 0.1) is 11.8 Å². The number of ether oxygens (including phenoxy) is 1. The number of hydrogen-bond donors (Lipinski definition) is 2. The molecule has 1 aliphatic rings. The molecule has 1 aliphatic carbocycles. The van der Waals surface area contributed by atoms with E-state index in [0.29, 0.717) is 19.3 Å². The number of carboxylic acid groups (broad SMARTS) is 1. The van der Waals surface area contributed by atoms with Crippen LogP contribution in [0.4, 0.5) is 13.2 Å². The van der Waals surface area contributed by atoms with Gasteiger partial charge in [0.25, 0.3) is 0 Å². The number of nitrogens with one attached hydrogen (secondary N) is 1. The first kappa shape index (κ1) is 18.1. The number of aliphatic carboxylic acids is 1. The molecule has 1 aromatic rings. The molecule has 132 valence electrons. The lowest BCUT2D eigenvalue weighted by Crippen LogP contribution is -2.33. The molecule has 0 spiro atoms. The number of amides is 1. The minimum Gasteiger partial charge on any atom is -0.491 e. The summed E-state index contributed by atoms with van der Waals surface area (Å²) in [6, 6.07) is 4.86. The molecule has 2 N–H and O–H groups in total. The average molecular weight is 345 g/mol. The second-order valence-electron chi connectivity index (χ2n) is 5.68. The zero-order chi connectivity index (χ0) is 17.7. The van der Waals surface area contributed by atoms with Crippen molar-refractivity contribution in [2.45, 2.75) is 25.4 Å². The molecule has 1 aromatic carbocycles. The Bertz CT molecular complexity index is 603. The average Bonchev–Trinajstić information content (AvgIpc) is 3.01. The highest BCUT2D eigenvalue weighted by Crippen LogP contribution is 2.35. The van der Waals surface area contributed by atoms with E-state index in [2.05, 4.69) is 5.32 Å². The van der Waals surface area contributed by atoms with Gasteiger partial charge in [-0.05, 0) is 31.4 Å². The summed E-state index contributed by atoms with van der Waals surface area (Å²) in [5.74, 6) is -2.35. The molecule has 2 atom stereocenters. The van der Waals surface area contributed by atoms with Gasteiger partial charge in [0.1, 0.15) is 12.4 Å². The minimum absolute atomic E-state index is 0.0548. The van der Waals surface area contributed by atoms with Gasteiger partial charge in [0, 0.05) is 5.92 Å². The molecular weight excluding hydrogens is 327 g/mol. The summed E-state index contributed by atoms with van der Waals surface area (Å²) < 4.78 is 43.5. The van der Waals surface area contributed by atoms with Crippen molar-refractivity contribution < 1.29 is 32.6 Å². The third-order valence-corrected chi connectivity index (χ3v) is 4.00. The summed E-state index contributed by atoms with van der Waals surface area (Å²) in [5, 5.41) is 11.5. The van der Waals surface area contributed by atoms with Gasteiger partial charge in [-0.25, -0.2) is 0 Å². The lowest BCUT2D eigenvalue weighted by molar-refractivity contribution is -0.142. The molecule has 5 nitrogen and oxygen atoms in total. The van der Waals surface area contributed by atoms with Crippen molar-refractivity contribution in [1.29, 1.82) is 0 Å². The van der Waals surface area contributed by atoms with Crippen LogP contribution in [0.5, 0.6) is 5.75 Å². The number of hydrogen-bond acceptors (Lipinski definition) is 3. The van der Waals surface area contributed by atoms with E-state index in [1.807, 2.05) is 0 Å². The maximum Gasteiger partial charge on any atom is 0.419 e. The SMILES string of the molecule is O=C(O)[C@@H]1CC[C@H](C(=O)NCCOc2ccccc2C(F)(F)F)C1. The molecule has 0 radical (unpaired) electrons. The monoisotopic (exact) mass is 345 g/mol. The number of carboxylic acids is 1. The molecule has 0 heterocycles. The summed E-state index contributed by atoms with van der Waals surface area (Å²) >= 11 is 0. The van der Waals surface area contributed by atoms with E-state index < -0.39 is 23.6 Å². The number of alkyl halides is 3. The predicted octanol–water partition coefficient (Wildman–Crippen LogP) is 2.70. The van der Waals surface area contributed by atoms with Gasteiger partial charge in [-0.15, -0.1) is 0 Å². The van der Waals surface area contributed by atoms with Gasteiger partial charge in [0.05, 0.1) is 18.0 Å². The summed E-state index contributed by atoms with van der Waals surface area (Å²) in [6.07, 6.45) is -3.25. The minimum atomic E-state index is -4.50. The Hall–Kier alpha value is -2.25. The standard InChI is InChI=1S/C16H18F3NO4/c17-16(18,19)12-3-1-2-4-13(12)24-8-7-20-14(21)10-5-6-11(9-10)15(22)23/h1-4,10-11H,5-9H2,(H,20,21)(H,22,23)/t10-,11+/m0/s1. The number of rotatable bonds is 6. The molecule has 8 heteroatoms. The molecular formula is C16H18F3NO4. The highest BCUT2D eigenvalue weighted by Gasteiger charge is 2.34. The zero-order valence-electron chi connectivity index (χ0n) is 12.8. The van der Waals surface area contributed by atoms with Crippen molar-refractivity contribution in [2.75, 3.05) is 13.2 Å². The number of carbonyl (C=O) groups excluding carboxylic acids is 1. The fourth-order valence-corrected chi connectivity index (χ4v) is 2.75. The van der Waals surface area contributed by atoms with E-state index in [-0.39, 0.29) is 30.7 Å². The predicted molar refractivity (Wildman–Crippen MR) is 78.4 cm³/mol. The smallest absolute Gasteiger partial charge is 0.419 e. The van der Waals surface area contributed by atoms with E-state index in [4.69, 9.17) is 9.84 Å². The van der Waals surface area contributed by atoms with Gasteiger partial charge in [0.15, 0.2) is 0 Å². The lowest BCUT2D eigenvalue weighted by Gasteiger charge is -2.15. The molecule has 24 heavy (non-hydrogen) atoms. The van der Waals surface area contributed by atoms with Gasteiger partial charge in [-0.3, -0.25) is 9.59 Å². The van der Waals surface area contributed by atoms with Crippen LogP contribution in [0.25, 0.3) is 0 Å². The van der Waals surface area contributed by atoms with E-state index >= 15 is 0 Å². The molecule has 0 bridgehead atoms. The Balaban J connectivity index is 1.78. The normalized spacial score (nSPS) is 20.6. The molecule has 0 aromatic heterocycles. The second kappa shape index (κ2) is 7.55. The van der Waals surface area contributed by atoms with Gasteiger partial charge in [-0.2, -0.15) is 13.2 Å². The Kier molecular flexibility index (Phi) is 5.69. The topological polar surface area (TPSA) is 75.6 Å². The fourth-order valence-electron chi connectivity index (χ4n) is 2.75. The number of halogens is 3. The first-order valence-corrected chi connectivity index (χ1v) is 7.58. The maximum absolute atomic E-state index is 12.8. The Morgan fingerprint density at radius 3 is 2.50 bits per heavy atom. The summed E-state index contributed by atoms with van der Waals surface area (Å²) in [5.41, 5.74) is -0.864. The summed E-state index contributed by atoms with van der Waals surface area (Å²) in [4.78, 5) is 22.8. The molecule has 1 fully saturated rings. The van der Waals surface area contributed by atoms with Crippen LogP contribution in [-0.2, 0) is 15.8 Å². The van der Waals surface area contributed by atoms with Crippen LogP contribution >= 0.6 is 0 Å². The van der Waals surface area contributed by atoms with Gasteiger partial charge in [0.2, 0.25) is 5.91 Å². The lowest BCUT2D eigenvalue weighted by atomic mass is 10.0. The second-order valence-corrected chi connectivity index (χ2v) is 5.68. The Morgan fingerprint density at radius 2 is 1.88 bits per heavy atom. The van der Waals surface area contributed by atoms with Crippen LogP contribution < -0.4 is 10.1 Å². The molecule has 0 aliphatic heterocycles. The third kappa shape index (κ3) is 4.62. The van der Waals surface area contributed by atoms with E-state index in [9.17, 15) is 22.8 Å². The Labute approximate surface area is 136 Å². The Morgan fingerprint density at radius 1 is 1.21 bits per heavy atom.